The van der Waals surface area contributed by atoms with E-state index in [0.29, 0.717) is 13.0 Å². The summed E-state index contributed by atoms with van der Waals surface area (Å²) in [6, 6.07) is -0.385. The molecule has 0 aliphatic rings. The van der Waals surface area contributed by atoms with Crippen molar-refractivity contribution in [3.63, 3.8) is 0 Å². The highest BCUT2D eigenvalue weighted by atomic mass is 16.1. The number of hydrogen-bond donors (Lipinski definition) is 3. The fourth-order valence-corrected chi connectivity index (χ4v) is 1.09. The lowest BCUT2D eigenvalue weighted by Crippen LogP contribution is -2.33. The van der Waals surface area contributed by atoms with Crippen LogP contribution in [0.15, 0.2) is 4.99 Å². The van der Waals surface area contributed by atoms with E-state index in [1.54, 1.807) is 0 Å². The minimum absolute atomic E-state index is 0.00641. The monoisotopic (exact) mass is 260 g/mol. The maximum atomic E-state index is 11.4. The van der Waals surface area contributed by atoms with Gasteiger partial charge < -0.3 is 17.2 Å². The number of Topliss-reactive ketones (excluding diaryl/α,β-unsaturated/α-hetero) is 1. The number of carbonyl (C=O) groups is 1. The summed E-state index contributed by atoms with van der Waals surface area (Å²) in [6.45, 7) is 12.2. The standard InChI is InChI=1S/C9H20N4O.2C2H6/c1-6(2)8(14)7(10)4-3-5-13-9(11)12;2*1-2/h6-7H,3-5,10H2,1-2H3,(H4,11,12,13);2*1-2H3. The molecule has 5 heteroatoms. The molecule has 0 fully saturated rings. The zero-order valence-electron chi connectivity index (χ0n) is 12.9. The SMILES string of the molecule is CC.CC.CC(C)C(=O)C(N)CCCN=C(N)N. The highest BCUT2D eigenvalue weighted by Crippen LogP contribution is 2.03. The van der Waals surface area contributed by atoms with Crippen LogP contribution in [0.1, 0.15) is 54.4 Å². The van der Waals surface area contributed by atoms with Gasteiger partial charge in [0.15, 0.2) is 11.7 Å². The summed E-state index contributed by atoms with van der Waals surface area (Å²) in [5, 5.41) is 0. The number of ketones is 1. The van der Waals surface area contributed by atoms with Crippen LogP contribution in [0.4, 0.5) is 0 Å². The molecular formula is C13H32N4O. The van der Waals surface area contributed by atoms with Gasteiger partial charge in [-0.25, -0.2) is 0 Å². The van der Waals surface area contributed by atoms with Crippen molar-refractivity contribution in [1.82, 2.24) is 0 Å². The maximum Gasteiger partial charge on any atom is 0.185 e. The average molecular weight is 260 g/mol. The highest BCUT2D eigenvalue weighted by molar-refractivity contribution is 5.85. The first-order valence-corrected chi connectivity index (χ1v) is 6.79. The van der Waals surface area contributed by atoms with Crippen LogP contribution in [-0.4, -0.2) is 24.3 Å². The summed E-state index contributed by atoms with van der Waals surface area (Å²) in [5.41, 5.74) is 16.0. The van der Waals surface area contributed by atoms with E-state index < -0.39 is 0 Å². The molecule has 0 saturated heterocycles. The molecule has 0 heterocycles. The van der Waals surface area contributed by atoms with Crippen LogP contribution in [0, 0.1) is 5.92 Å². The third-order valence-electron chi connectivity index (χ3n) is 1.90. The number of nitrogens with zero attached hydrogens (tertiary/aromatic N) is 1. The van der Waals surface area contributed by atoms with Gasteiger partial charge in [0.1, 0.15) is 0 Å². The Hall–Kier alpha value is -1.10. The topological polar surface area (TPSA) is 107 Å². The molecule has 6 N–H and O–H groups in total. The van der Waals surface area contributed by atoms with Gasteiger partial charge in [0.05, 0.1) is 6.04 Å². The minimum Gasteiger partial charge on any atom is -0.370 e. The van der Waals surface area contributed by atoms with Crippen molar-refractivity contribution in [3.05, 3.63) is 0 Å². The lowest BCUT2D eigenvalue weighted by molar-refractivity contribution is -0.123. The third kappa shape index (κ3) is 14.9. The molecule has 0 saturated carbocycles. The summed E-state index contributed by atoms with van der Waals surface area (Å²) in [7, 11) is 0. The van der Waals surface area contributed by atoms with E-state index in [1.807, 2.05) is 41.5 Å². The van der Waals surface area contributed by atoms with E-state index in [4.69, 9.17) is 17.2 Å². The predicted molar refractivity (Wildman–Crippen MR) is 80.4 cm³/mol. The molecule has 18 heavy (non-hydrogen) atoms. The molecule has 1 atom stereocenters. The zero-order chi connectivity index (χ0) is 15.1. The van der Waals surface area contributed by atoms with Gasteiger partial charge in [-0.1, -0.05) is 41.5 Å². The van der Waals surface area contributed by atoms with E-state index in [-0.39, 0.29) is 23.7 Å². The van der Waals surface area contributed by atoms with Crippen molar-refractivity contribution in [2.45, 2.75) is 60.4 Å². The highest BCUT2D eigenvalue weighted by Gasteiger charge is 2.15. The van der Waals surface area contributed by atoms with Gasteiger partial charge in [0.2, 0.25) is 0 Å². The second-order valence-electron chi connectivity index (χ2n) is 3.61. The zero-order valence-corrected chi connectivity index (χ0v) is 12.9. The Bertz CT molecular complexity index is 211. The minimum atomic E-state index is -0.385. The summed E-state index contributed by atoms with van der Waals surface area (Å²) >= 11 is 0. The molecule has 0 rings (SSSR count). The van der Waals surface area contributed by atoms with Gasteiger partial charge >= 0.3 is 0 Å². The Balaban J connectivity index is -0.000000506. The molecule has 0 amide bonds. The van der Waals surface area contributed by atoms with Gasteiger partial charge in [0.25, 0.3) is 0 Å². The van der Waals surface area contributed by atoms with E-state index in [0.717, 1.165) is 6.42 Å². The molecule has 110 valence electrons. The van der Waals surface area contributed by atoms with Crippen LogP contribution in [0.2, 0.25) is 0 Å². The summed E-state index contributed by atoms with van der Waals surface area (Å²) < 4.78 is 0. The van der Waals surface area contributed by atoms with E-state index in [2.05, 4.69) is 4.99 Å². The number of aliphatic imine (C=N–C) groups is 1. The Morgan fingerprint density at radius 3 is 1.89 bits per heavy atom. The second-order valence-corrected chi connectivity index (χ2v) is 3.61. The number of hydrogen-bond acceptors (Lipinski definition) is 3. The van der Waals surface area contributed by atoms with Gasteiger partial charge in [-0.15, -0.1) is 0 Å². The lowest BCUT2D eigenvalue weighted by Gasteiger charge is -2.11. The molecule has 0 aromatic carbocycles. The lowest BCUT2D eigenvalue weighted by atomic mass is 9.99. The molecule has 0 aromatic rings. The Morgan fingerprint density at radius 2 is 1.56 bits per heavy atom. The Labute approximate surface area is 112 Å². The molecule has 0 aromatic heterocycles. The summed E-state index contributed by atoms with van der Waals surface area (Å²) in [5.74, 6) is 0.163. The third-order valence-corrected chi connectivity index (χ3v) is 1.90. The van der Waals surface area contributed by atoms with Crippen LogP contribution in [0.3, 0.4) is 0 Å². The Kier molecular flexibility index (Phi) is 19.5. The molecule has 5 nitrogen and oxygen atoms in total. The molecule has 0 bridgehead atoms. The second kappa shape index (κ2) is 15.9. The van der Waals surface area contributed by atoms with Crippen LogP contribution in [0.25, 0.3) is 0 Å². The molecule has 0 aliphatic heterocycles. The van der Waals surface area contributed by atoms with Gasteiger partial charge in [0, 0.05) is 12.5 Å². The number of guanidine groups is 1. The number of carbonyl (C=O) groups excluding carboxylic acids is 1. The van der Waals surface area contributed by atoms with E-state index in [1.165, 1.54) is 0 Å². The van der Waals surface area contributed by atoms with Crippen molar-refractivity contribution in [3.8, 4) is 0 Å². The van der Waals surface area contributed by atoms with Crippen LogP contribution in [-0.2, 0) is 4.79 Å². The Morgan fingerprint density at radius 1 is 1.11 bits per heavy atom. The molecule has 0 spiro atoms. The molecule has 0 aliphatic carbocycles. The van der Waals surface area contributed by atoms with Crippen LogP contribution < -0.4 is 17.2 Å². The first kappa shape index (κ1) is 22.1. The van der Waals surface area contributed by atoms with Crippen molar-refractivity contribution >= 4 is 11.7 Å². The van der Waals surface area contributed by atoms with Gasteiger partial charge in [-0.2, -0.15) is 0 Å². The van der Waals surface area contributed by atoms with E-state index >= 15 is 0 Å². The molecule has 1 unspecified atom stereocenters. The van der Waals surface area contributed by atoms with Crippen LogP contribution >= 0.6 is 0 Å². The van der Waals surface area contributed by atoms with E-state index in [9.17, 15) is 4.79 Å². The summed E-state index contributed by atoms with van der Waals surface area (Å²) in [6.07, 6.45) is 1.37. The molecular weight excluding hydrogens is 228 g/mol. The quantitative estimate of drug-likeness (QED) is 0.383. The fourth-order valence-electron chi connectivity index (χ4n) is 1.09. The van der Waals surface area contributed by atoms with Crippen molar-refractivity contribution in [2.75, 3.05) is 6.54 Å². The smallest absolute Gasteiger partial charge is 0.185 e. The normalized spacial score (nSPS) is 10.4. The number of rotatable bonds is 6. The number of nitrogens with two attached hydrogens (primary N) is 3. The first-order chi connectivity index (χ1) is 8.45. The average Bonchev–Trinajstić information content (AvgIpc) is 2.37. The van der Waals surface area contributed by atoms with Gasteiger partial charge in [-0.05, 0) is 12.8 Å². The maximum absolute atomic E-state index is 11.4. The molecule has 0 radical (unpaired) electrons. The van der Waals surface area contributed by atoms with Crippen molar-refractivity contribution < 1.29 is 4.79 Å². The van der Waals surface area contributed by atoms with Gasteiger partial charge in [-0.3, -0.25) is 9.79 Å². The largest absolute Gasteiger partial charge is 0.370 e. The fraction of sp³-hybridized carbons (Fsp3) is 0.846. The summed E-state index contributed by atoms with van der Waals surface area (Å²) in [4.78, 5) is 15.2. The van der Waals surface area contributed by atoms with Crippen LogP contribution in [0.5, 0.6) is 0 Å². The predicted octanol–water partition coefficient (Wildman–Crippen LogP) is 1.64. The van der Waals surface area contributed by atoms with Crippen molar-refractivity contribution in [2.24, 2.45) is 28.1 Å². The van der Waals surface area contributed by atoms with Crippen molar-refractivity contribution in [1.29, 1.82) is 0 Å². The first-order valence-electron chi connectivity index (χ1n) is 6.79.